The molecule has 4 nitrogen and oxygen atoms in total. The van der Waals surface area contributed by atoms with Crippen molar-refractivity contribution in [2.75, 3.05) is 32.0 Å². The Morgan fingerprint density at radius 1 is 1.33 bits per heavy atom. The molecule has 0 aromatic heterocycles. The molecule has 1 N–H and O–H groups in total. The maximum Gasteiger partial charge on any atom is 0.154 e. The van der Waals surface area contributed by atoms with E-state index in [1.54, 1.807) is 0 Å². The van der Waals surface area contributed by atoms with Crippen LogP contribution in [0.3, 0.4) is 0 Å². The first kappa shape index (κ1) is 11.4. The van der Waals surface area contributed by atoms with Crippen LogP contribution in [0.4, 0.5) is 0 Å². The molecule has 2 saturated heterocycles. The summed E-state index contributed by atoms with van der Waals surface area (Å²) >= 11 is 0. The van der Waals surface area contributed by atoms with Crippen molar-refractivity contribution in [1.82, 2.24) is 4.90 Å². The highest BCUT2D eigenvalue weighted by atomic mass is 32.2. The Kier molecular flexibility index (Phi) is 3.33. The van der Waals surface area contributed by atoms with E-state index < -0.39 is 9.84 Å². The van der Waals surface area contributed by atoms with E-state index >= 15 is 0 Å². The monoisotopic (exact) mass is 233 g/mol. The van der Waals surface area contributed by atoms with Gasteiger partial charge in [0.15, 0.2) is 9.84 Å². The van der Waals surface area contributed by atoms with Gasteiger partial charge in [0.2, 0.25) is 0 Å². The molecule has 2 aliphatic heterocycles. The highest BCUT2D eigenvalue weighted by Crippen LogP contribution is 2.23. The van der Waals surface area contributed by atoms with E-state index in [0.717, 1.165) is 32.4 Å². The van der Waals surface area contributed by atoms with Crippen LogP contribution in [0.2, 0.25) is 0 Å². The second-order valence-corrected chi connectivity index (χ2v) is 7.13. The molecule has 2 atom stereocenters. The van der Waals surface area contributed by atoms with Crippen LogP contribution < -0.4 is 0 Å². The molecule has 0 aromatic rings. The fraction of sp³-hybridized carbons (Fsp3) is 1.00. The molecule has 0 aromatic carbocycles. The molecule has 2 unspecified atom stereocenters. The van der Waals surface area contributed by atoms with Crippen molar-refractivity contribution in [2.24, 2.45) is 5.92 Å². The molecule has 0 spiro atoms. The molecule has 0 bridgehead atoms. The highest BCUT2D eigenvalue weighted by Gasteiger charge is 2.34. The Bertz CT molecular complexity index is 315. The number of likely N-dealkylation sites (tertiary alicyclic amines) is 1. The van der Waals surface area contributed by atoms with Crippen molar-refractivity contribution >= 4 is 9.84 Å². The number of aliphatic hydroxyl groups excluding tert-OH is 1. The fourth-order valence-electron chi connectivity index (χ4n) is 2.58. The summed E-state index contributed by atoms with van der Waals surface area (Å²) in [5.41, 5.74) is 0. The molecule has 0 saturated carbocycles. The average Bonchev–Trinajstić information content (AvgIpc) is 2.75. The van der Waals surface area contributed by atoms with E-state index in [9.17, 15) is 8.42 Å². The Labute approximate surface area is 91.2 Å². The lowest BCUT2D eigenvalue weighted by molar-refractivity contribution is 0.221. The summed E-state index contributed by atoms with van der Waals surface area (Å²) in [6.45, 7) is 2.71. The Hall–Kier alpha value is -0.130. The van der Waals surface area contributed by atoms with Crippen molar-refractivity contribution in [3.05, 3.63) is 0 Å². The minimum atomic E-state index is -2.80. The van der Waals surface area contributed by atoms with Gasteiger partial charge in [0.25, 0.3) is 0 Å². The van der Waals surface area contributed by atoms with E-state index in [2.05, 4.69) is 4.90 Å². The van der Waals surface area contributed by atoms with Crippen LogP contribution in [0.1, 0.15) is 19.3 Å². The van der Waals surface area contributed by atoms with Gasteiger partial charge in [-0.15, -0.1) is 0 Å². The van der Waals surface area contributed by atoms with Crippen molar-refractivity contribution < 1.29 is 13.5 Å². The van der Waals surface area contributed by atoms with E-state index in [0.29, 0.717) is 18.2 Å². The third-order valence-corrected chi connectivity index (χ3v) is 5.81. The molecule has 0 radical (unpaired) electrons. The Balaban J connectivity index is 1.88. The summed E-state index contributed by atoms with van der Waals surface area (Å²) < 4.78 is 23.2. The van der Waals surface area contributed by atoms with Gasteiger partial charge >= 0.3 is 0 Å². The van der Waals surface area contributed by atoms with Gasteiger partial charge in [-0.25, -0.2) is 8.42 Å². The van der Waals surface area contributed by atoms with E-state index in [1.165, 1.54) is 0 Å². The Morgan fingerprint density at radius 2 is 2.13 bits per heavy atom. The van der Waals surface area contributed by atoms with Crippen molar-refractivity contribution in [2.45, 2.75) is 24.5 Å². The molecule has 0 amide bonds. The van der Waals surface area contributed by atoms with Crippen LogP contribution in [0.5, 0.6) is 0 Å². The molecule has 5 heteroatoms. The van der Waals surface area contributed by atoms with Crippen molar-refractivity contribution in [3.63, 3.8) is 0 Å². The number of hydrogen-bond donors (Lipinski definition) is 1. The summed E-state index contributed by atoms with van der Waals surface area (Å²) in [5.74, 6) is 0.726. The Morgan fingerprint density at radius 3 is 2.67 bits per heavy atom. The second-order valence-electron chi connectivity index (χ2n) is 4.73. The number of rotatable bonds is 3. The van der Waals surface area contributed by atoms with Crippen LogP contribution in [0.25, 0.3) is 0 Å². The molecule has 88 valence electrons. The first-order valence-corrected chi connectivity index (χ1v) is 7.38. The number of aliphatic hydroxyl groups is 1. The normalized spacial score (nSPS) is 36.1. The smallest absolute Gasteiger partial charge is 0.154 e. The predicted molar refractivity (Wildman–Crippen MR) is 58.4 cm³/mol. The molecule has 2 aliphatic rings. The van der Waals surface area contributed by atoms with Crippen molar-refractivity contribution in [1.29, 1.82) is 0 Å². The lowest BCUT2D eigenvalue weighted by Crippen LogP contribution is -2.33. The second kappa shape index (κ2) is 4.39. The topological polar surface area (TPSA) is 57.6 Å². The zero-order chi connectivity index (χ0) is 10.9. The lowest BCUT2D eigenvalue weighted by Gasteiger charge is -2.19. The summed E-state index contributed by atoms with van der Waals surface area (Å²) in [6, 6.07) is 0. The van der Waals surface area contributed by atoms with Gasteiger partial charge < -0.3 is 10.0 Å². The summed E-state index contributed by atoms with van der Waals surface area (Å²) in [4.78, 5) is 2.19. The quantitative estimate of drug-likeness (QED) is 0.738. The SMILES string of the molecule is O=S1(=O)CCCC1CN1CCC(CO)C1. The average molecular weight is 233 g/mol. The molecule has 2 rings (SSSR count). The summed E-state index contributed by atoms with van der Waals surface area (Å²) in [5, 5.41) is 8.86. The minimum absolute atomic E-state index is 0.144. The van der Waals surface area contributed by atoms with Gasteiger partial charge in [-0.3, -0.25) is 0 Å². The zero-order valence-electron chi connectivity index (χ0n) is 8.93. The van der Waals surface area contributed by atoms with Gasteiger partial charge in [-0.05, 0) is 31.7 Å². The van der Waals surface area contributed by atoms with Crippen LogP contribution in [0.15, 0.2) is 0 Å². The standard InChI is InChI=1S/C10H19NO3S/c12-8-9-3-4-11(6-9)7-10-2-1-5-15(10,13)14/h9-10,12H,1-8H2. The molecular weight excluding hydrogens is 214 g/mol. The third kappa shape index (κ3) is 2.52. The first-order valence-electron chi connectivity index (χ1n) is 5.66. The minimum Gasteiger partial charge on any atom is -0.396 e. The van der Waals surface area contributed by atoms with Crippen molar-refractivity contribution in [3.8, 4) is 0 Å². The number of hydrogen-bond acceptors (Lipinski definition) is 4. The molecule has 15 heavy (non-hydrogen) atoms. The van der Waals surface area contributed by atoms with E-state index in [-0.39, 0.29) is 11.9 Å². The zero-order valence-corrected chi connectivity index (χ0v) is 9.75. The first-order chi connectivity index (χ1) is 7.12. The van der Waals surface area contributed by atoms with Gasteiger partial charge in [-0.1, -0.05) is 0 Å². The number of sulfone groups is 1. The maximum absolute atomic E-state index is 11.6. The lowest BCUT2D eigenvalue weighted by atomic mass is 10.1. The van der Waals surface area contributed by atoms with Gasteiger partial charge in [0.05, 0.1) is 11.0 Å². The van der Waals surface area contributed by atoms with Gasteiger partial charge in [-0.2, -0.15) is 0 Å². The fourth-order valence-corrected chi connectivity index (χ4v) is 4.45. The molecule has 2 fully saturated rings. The summed E-state index contributed by atoms with van der Waals surface area (Å²) in [7, 11) is -2.80. The molecule has 0 aliphatic carbocycles. The maximum atomic E-state index is 11.6. The third-order valence-electron chi connectivity index (χ3n) is 3.55. The molecule has 2 heterocycles. The van der Waals surface area contributed by atoms with E-state index in [1.807, 2.05) is 0 Å². The summed E-state index contributed by atoms with van der Waals surface area (Å²) in [6.07, 6.45) is 2.65. The van der Waals surface area contributed by atoms with Gasteiger partial charge in [0.1, 0.15) is 0 Å². The number of nitrogens with zero attached hydrogens (tertiary/aromatic N) is 1. The highest BCUT2D eigenvalue weighted by molar-refractivity contribution is 7.92. The van der Waals surface area contributed by atoms with Crippen LogP contribution in [0, 0.1) is 5.92 Å². The predicted octanol–water partition coefficient (Wildman–Crippen LogP) is -0.122. The van der Waals surface area contributed by atoms with Crippen LogP contribution in [-0.4, -0.2) is 55.7 Å². The van der Waals surface area contributed by atoms with Crippen LogP contribution in [-0.2, 0) is 9.84 Å². The van der Waals surface area contributed by atoms with E-state index in [4.69, 9.17) is 5.11 Å². The van der Waals surface area contributed by atoms with Crippen LogP contribution >= 0.6 is 0 Å². The largest absolute Gasteiger partial charge is 0.396 e. The van der Waals surface area contributed by atoms with Gasteiger partial charge in [0, 0.05) is 19.7 Å². The molecular formula is C10H19NO3S.